The molecule has 0 spiro atoms. The summed E-state index contributed by atoms with van der Waals surface area (Å²) in [4.78, 5) is 13.2. The second-order valence-electron chi connectivity index (χ2n) is 5.29. The van der Waals surface area contributed by atoms with Gasteiger partial charge >= 0.3 is 5.97 Å². The molecule has 0 unspecified atom stereocenters. The highest BCUT2D eigenvalue weighted by molar-refractivity contribution is 9.10. The van der Waals surface area contributed by atoms with Crippen LogP contribution in [0.2, 0.25) is 0 Å². The molecule has 1 aromatic carbocycles. The highest BCUT2D eigenvalue weighted by Gasteiger charge is 2.27. The van der Waals surface area contributed by atoms with E-state index in [-0.39, 0.29) is 0 Å². The lowest BCUT2D eigenvalue weighted by Gasteiger charge is -2.26. The van der Waals surface area contributed by atoms with Crippen LogP contribution in [0.3, 0.4) is 0 Å². The molecular formula is C14H20BrNO2. The molecule has 100 valence electrons. The van der Waals surface area contributed by atoms with E-state index in [1.54, 1.807) is 13.8 Å². The van der Waals surface area contributed by atoms with Crippen LogP contribution in [0.5, 0.6) is 0 Å². The van der Waals surface area contributed by atoms with Gasteiger partial charge in [0, 0.05) is 23.8 Å². The number of carbonyl (C=O) groups is 1. The van der Waals surface area contributed by atoms with Crippen molar-refractivity contribution in [3.05, 3.63) is 28.2 Å². The Kier molecular flexibility index (Phi) is 4.79. The molecule has 0 saturated heterocycles. The van der Waals surface area contributed by atoms with Gasteiger partial charge < -0.3 is 10.0 Å². The topological polar surface area (TPSA) is 40.5 Å². The summed E-state index contributed by atoms with van der Waals surface area (Å²) in [6.07, 6.45) is 0.616. The number of nitrogens with zero attached hydrogens (tertiary/aromatic N) is 1. The van der Waals surface area contributed by atoms with Crippen molar-refractivity contribution < 1.29 is 9.90 Å². The summed E-state index contributed by atoms with van der Waals surface area (Å²) in [5.41, 5.74) is 1.63. The third-order valence-electron chi connectivity index (χ3n) is 3.23. The molecule has 4 heteroatoms. The van der Waals surface area contributed by atoms with Crippen LogP contribution in [-0.2, 0) is 4.79 Å². The van der Waals surface area contributed by atoms with Gasteiger partial charge in [-0.05, 0) is 44.9 Å². The van der Waals surface area contributed by atoms with Crippen LogP contribution in [0.4, 0.5) is 5.69 Å². The Labute approximate surface area is 117 Å². The third kappa shape index (κ3) is 3.73. The van der Waals surface area contributed by atoms with Gasteiger partial charge in [0.1, 0.15) is 0 Å². The molecular weight excluding hydrogens is 294 g/mol. The summed E-state index contributed by atoms with van der Waals surface area (Å²) in [5.74, 6) is -0.748. The number of aryl methyl sites for hydroxylation is 1. The number of hydrogen-bond acceptors (Lipinski definition) is 2. The lowest BCUT2D eigenvalue weighted by atomic mass is 9.89. The Morgan fingerprint density at radius 1 is 1.44 bits per heavy atom. The van der Waals surface area contributed by atoms with Crippen LogP contribution in [0.15, 0.2) is 22.7 Å². The van der Waals surface area contributed by atoms with Gasteiger partial charge in [0.25, 0.3) is 0 Å². The van der Waals surface area contributed by atoms with Crippen molar-refractivity contribution in [1.29, 1.82) is 0 Å². The predicted octanol–water partition coefficient (Wildman–Crippen LogP) is 3.69. The molecule has 0 aliphatic carbocycles. The molecule has 0 bridgehead atoms. The first-order chi connectivity index (χ1) is 8.24. The van der Waals surface area contributed by atoms with E-state index >= 15 is 0 Å². The predicted molar refractivity (Wildman–Crippen MR) is 78.2 cm³/mol. The van der Waals surface area contributed by atoms with Crippen LogP contribution in [0, 0.1) is 12.3 Å². The van der Waals surface area contributed by atoms with E-state index in [1.165, 1.54) is 5.56 Å². The molecule has 3 nitrogen and oxygen atoms in total. The standard InChI is InChI=1S/C14H20BrNO2/c1-10-5-6-11(15)9-12(10)16(4)8-7-14(2,3)13(17)18/h5-6,9H,7-8H2,1-4H3,(H,17,18). The highest BCUT2D eigenvalue weighted by Crippen LogP contribution is 2.26. The van der Waals surface area contributed by atoms with Crippen molar-refractivity contribution in [2.75, 3.05) is 18.5 Å². The Hall–Kier alpha value is -1.03. The summed E-state index contributed by atoms with van der Waals surface area (Å²) in [7, 11) is 1.99. The maximum atomic E-state index is 11.1. The zero-order valence-electron chi connectivity index (χ0n) is 11.3. The fourth-order valence-corrected chi connectivity index (χ4v) is 2.02. The Bertz CT molecular complexity index is 443. The van der Waals surface area contributed by atoms with Crippen LogP contribution in [-0.4, -0.2) is 24.7 Å². The van der Waals surface area contributed by atoms with Crippen molar-refractivity contribution >= 4 is 27.6 Å². The van der Waals surface area contributed by atoms with E-state index in [1.807, 2.05) is 13.1 Å². The molecule has 18 heavy (non-hydrogen) atoms. The van der Waals surface area contributed by atoms with Gasteiger partial charge in [0.05, 0.1) is 5.41 Å². The second-order valence-corrected chi connectivity index (χ2v) is 6.21. The van der Waals surface area contributed by atoms with Crippen LogP contribution < -0.4 is 4.90 Å². The van der Waals surface area contributed by atoms with Crippen molar-refractivity contribution in [3.63, 3.8) is 0 Å². The van der Waals surface area contributed by atoms with Gasteiger partial charge in [-0.3, -0.25) is 4.79 Å². The van der Waals surface area contributed by atoms with Gasteiger partial charge in [-0.15, -0.1) is 0 Å². The van der Waals surface area contributed by atoms with Gasteiger partial charge in [0.15, 0.2) is 0 Å². The SMILES string of the molecule is Cc1ccc(Br)cc1N(C)CCC(C)(C)C(=O)O. The van der Waals surface area contributed by atoms with Gasteiger partial charge in [0.2, 0.25) is 0 Å². The van der Waals surface area contributed by atoms with Crippen molar-refractivity contribution in [3.8, 4) is 0 Å². The average molecular weight is 314 g/mol. The quantitative estimate of drug-likeness (QED) is 0.901. The van der Waals surface area contributed by atoms with Crippen molar-refractivity contribution in [2.24, 2.45) is 5.41 Å². The minimum atomic E-state index is -0.748. The maximum Gasteiger partial charge on any atom is 0.309 e. The number of hydrogen-bond donors (Lipinski definition) is 1. The third-order valence-corrected chi connectivity index (χ3v) is 3.73. The normalized spacial score (nSPS) is 11.4. The number of carboxylic acid groups (broad SMARTS) is 1. The number of anilines is 1. The highest BCUT2D eigenvalue weighted by atomic mass is 79.9. The largest absolute Gasteiger partial charge is 0.481 e. The van der Waals surface area contributed by atoms with E-state index in [9.17, 15) is 4.79 Å². The minimum absolute atomic E-state index is 0.616. The molecule has 1 rings (SSSR count). The van der Waals surface area contributed by atoms with Gasteiger partial charge in [-0.1, -0.05) is 22.0 Å². The van der Waals surface area contributed by atoms with E-state index in [0.29, 0.717) is 6.42 Å². The maximum absolute atomic E-state index is 11.1. The van der Waals surface area contributed by atoms with Gasteiger partial charge in [-0.25, -0.2) is 0 Å². The van der Waals surface area contributed by atoms with E-state index in [0.717, 1.165) is 16.7 Å². The number of aliphatic carboxylic acids is 1. The summed E-state index contributed by atoms with van der Waals surface area (Å²) >= 11 is 3.46. The molecule has 0 amide bonds. The number of rotatable bonds is 5. The lowest BCUT2D eigenvalue weighted by Crippen LogP contribution is -2.30. The number of carboxylic acids is 1. The smallest absolute Gasteiger partial charge is 0.309 e. The van der Waals surface area contributed by atoms with Crippen molar-refractivity contribution in [1.82, 2.24) is 0 Å². The summed E-state index contributed by atoms with van der Waals surface area (Å²) in [5, 5.41) is 9.10. The van der Waals surface area contributed by atoms with Gasteiger partial charge in [-0.2, -0.15) is 0 Å². The zero-order chi connectivity index (χ0) is 13.9. The molecule has 0 atom stereocenters. The molecule has 0 heterocycles. The molecule has 1 aromatic rings. The number of halogens is 1. The molecule has 1 N–H and O–H groups in total. The van der Waals surface area contributed by atoms with E-state index in [4.69, 9.17) is 5.11 Å². The van der Waals surface area contributed by atoms with Crippen molar-refractivity contribution in [2.45, 2.75) is 27.2 Å². The molecule has 0 radical (unpaired) electrons. The monoisotopic (exact) mass is 313 g/mol. The van der Waals surface area contributed by atoms with E-state index < -0.39 is 11.4 Å². The fourth-order valence-electron chi connectivity index (χ4n) is 1.67. The molecule has 0 aromatic heterocycles. The first-order valence-corrected chi connectivity index (χ1v) is 6.74. The van der Waals surface area contributed by atoms with Crippen LogP contribution >= 0.6 is 15.9 Å². The summed E-state index contributed by atoms with van der Waals surface area (Å²) in [6, 6.07) is 6.12. The first-order valence-electron chi connectivity index (χ1n) is 5.95. The Morgan fingerprint density at radius 3 is 2.61 bits per heavy atom. The molecule has 0 aliphatic heterocycles. The first kappa shape index (κ1) is 15.0. The lowest BCUT2D eigenvalue weighted by molar-refractivity contribution is -0.147. The molecule has 0 fully saturated rings. The minimum Gasteiger partial charge on any atom is -0.481 e. The number of benzene rings is 1. The van der Waals surface area contributed by atoms with Crippen LogP contribution in [0.25, 0.3) is 0 Å². The summed E-state index contributed by atoms with van der Waals surface area (Å²) in [6.45, 7) is 6.30. The molecule has 0 aliphatic rings. The second kappa shape index (κ2) is 5.74. The van der Waals surface area contributed by atoms with Crippen LogP contribution in [0.1, 0.15) is 25.8 Å². The fraction of sp³-hybridized carbons (Fsp3) is 0.500. The Morgan fingerprint density at radius 2 is 2.06 bits per heavy atom. The summed E-state index contributed by atoms with van der Waals surface area (Å²) < 4.78 is 1.03. The average Bonchev–Trinajstić information content (AvgIpc) is 2.29. The molecule has 0 saturated carbocycles. The zero-order valence-corrected chi connectivity index (χ0v) is 12.9. The van der Waals surface area contributed by atoms with E-state index in [2.05, 4.69) is 39.9 Å². The Balaban J connectivity index is 2.74.